The molecule has 0 spiro atoms. The Morgan fingerprint density at radius 3 is 2.38 bits per heavy atom. The normalized spacial score (nSPS) is 23.2. The molecule has 1 aromatic rings. The molecule has 9 heteroatoms. The van der Waals surface area contributed by atoms with Crippen molar-refractivity contribution in [1.29, 1.82) is 0 Å². The number of nitrogens with zero attached hydrogens (tertiary/aromatic N) is 2. The lowest BCUT2D eigenvalue weighted by Gasteiger charge is -2.31. The molecule has 2 aliphatic rings. The molecule has 1 atom stereocenters. The van der Waals surface area contributed by atoms with Crippen molar-refractivity contribution in [2.24, 2.45) is 0 Å². The average molecular weight is 352 g/mol. The van der Waals surface area contributed by atoms with Crippen molar-refractivity contribution in [3.05, 3.63) is 35.4 Å². The molecule has 1 aromatic carbocycles. The summed E-state index contributed by atoms with van der Waals surface area (Å²) >= 11 is 0. The first kappa shape index (κ1) is 16.6. The van der Waals surface area contributed by atoms with Crippen LogP contribution in [0.3, 0.4) is 0 Å². The zero-order valence-corrected chi connectivity index (χ0v) is 13.8. The van der Waals surface area contributed by atoms with Gasteiger partial charge >= 0.3 is 5.97 Å². The molecule has 2 heterocycles. The minimum Gasteiger partial charge on any atom is -0.330 e. The van der Waals surface area contributed by atoms with Gasteiger partial charge in [-0.1, -0.05) is 17.2 Å². The van der Waals surface area contributed by atoms with E-state index in [1.165, 1.54) is 12.1 Å². The Bertz CT molecular complexity index is 784. The number of carbonyl (C=O) groups is 3. The van der Waals surface area contributed by atoms with Crippen LogP contribution in [0.4, 0.5) is 0 Å². The van der Waals surface area contributed by atoms with Gasteiger partial charge in [0.15, 0.2) is 9.84 Å². The Kier molecular flexibility index (Phi) is 4.14. The van der Waals surface area contributed by atoms with Crippen LogP contribution in [0, 0.1) is 0 Å². The van der Waals surface area contributed by atoms with Crippen LogP contribution in [0.15, 0.2) is 24.3 Å². The minimum atomic E-state index is -3.20. The quantitative estimate of drug-likeness (QED) is 0.698. The van der Waals surface area contributed by atoms with Crippen LogP contribution in [-0.4, -0.2) is 67.3 Å². The monoisotopic (exact) mass is 352 g/mol. The average Bonchev–Trinajstić information content (AvgIpc) is 2.76. The van der Waals surface area contributed by atoms with Gasteiger partial charge in [-0.15, -0.1) is 0 Å². The van der Waals surface area contributed by atoms with E-state index in [0.717, 1.165) is 0 Å². The molecule has 0 aromatic heterocycles. The van der Waals surface area contributed by atoms with Crippen LogP contribution in [-0.2, 0) is 19.5 Å². The fourth-order valence-corrected chi connectivity index (χ4v) is 4.46. The molecule has 0 N–H and O–H groups in total. The maximum atomic E-state index is 12.1. The highest BCUT2D eigenvalue weighted by Gasteiger charge is 2.39. The summed E-state index contributed by atoms with van der Waals surface area (Å²) in [5.74, 6) is -2.32. The Labute approximate surface area is 138 Å². The predicted octanol–water partition coefficient (Wildman–Crippen LogP) is -0.140. The highest BCUT2D eigenvalue weighted by atomic mass is 32.2. The third-order valence-electron chi connectivity index (χ3n) is 4.18. The van der Waals surface area contributed by atoms with Gasteiger partial charge in [0.1, 0.15) is 0 Å². The number of rotatable bonds is 3. The molecular formula is C15H16N2O6S. The van der Waals surface area contributed by atoms with E-state index in [0.29, 0.717) is 11.6 Å². The number of sulfone groups is 1. The smallest absolute Gasteiger partial charge is 0.330 e. The van der Waals surface area contributed by atoms with E-state index in [1.807, 2.05) is 0 Å². The highest BCUT2D eigenvalue weighted by Crippen LogP contribution is 2.23. The van der Waals surface area contributed by atoms with Gasteiger partial charge in [-0.25, -0.2) is 13.2 Å². The molecule has 1 fully saturated rings. The molecule has 3 rings (SSSR count). The summed E-state index contributed by atoms with van der Waals surface area (Å²) in [7, 11) is -1.48. The van der Waals surface area contributed by atoms with E-state index in [-0.39, 0.29) is 29.1 Å². The van der Waals surface area contributed by atoms with Crippen molar-refractivity contribution in [3.8, 4) is 0 Å². The maximum Gasteiger partial charge on any atom is 0.334 e. The number of amides is 2. The third kappa shape index (κ3) is 3.04. The number of imide groups is 1. The first-order valence-corrected chi connectivity index (χ1v) is 9.20. The van der Waals surface area contributed by atoms with E-state index >= 15 is 0 Å². The predicted molar refractivity (Wildman–Crippen MR) is 82.7 cm³/mol. The zero-order chi connectivity index (χ0) is 17.5. The SMILES string of the molecule is CN1CCS(=O)(=O)CC1CC(=O)ON1C(=O)c2ccccc2C1=O. The van der Waals surface area contributed by atoms with Gasteiger partial charge < -0.3 is 9.74 Å². The fraction of sp³-hybridized carbons (Fsp3) is 0.400. The highest BCUT2D eigenvalue weighted by molar-refractivity contribution is 7.91. The summed E-state index contributed by atoms with van der Waals surface area (Å²) in [6.45, 7) is 0.327. The molecule has 24 heavy (non-hydrogen) atoms. The molecule has 0 saturated carbocycles. The van der Waals surface area contributed by atoms with Gasteiger partial charge in [-0.05, 0) is 19.2 Å². The van der Waals surface area contributed by atoms with Crippen molar-refractivity contribution in [2.45, 2.75) is 12.5 Å². The number of fused-ring (bicyclic) bond motifs is 1. The van der Waals surface area contributed by atoms with Crippen molar-refractivity contribution in [2.75, 3.05) is 25.1 Å². The molecule has 0 radical (unpaired) electrons. The lowest BCUT2D eigenvalue weighted by Crippen LogP contribution is -2.47. The van der Waals surface area contributed by atoms with Gasteiger partial charge in [-0.3, -0.25) is 9.59 Å². The van der Waals surface area contributed by atoms with E-state index < -0.39 is 33.7 Å². The second-order valence-corrected chi connectivity index (χ2v) is 8.10. The fourth-order valence-electron chi connectivity index (χ4n) is 2.77. The van der Waals surface area contributed by atoms with Crippen LogP contribution >= 0.6 is 0 Å². The summed E-state index contributed by atoms with van der Waals surface area (Å²) in [4.78, 5) is 43.0. The van der Waals surface area contributed by atoms with Crippen molar-refractivity contribution in [3.63, 3.8) is 0 Å². The molecular weight excluding hydrogens is 336 g/mol. The number of hydroxylamine groups is 2. The van der Waals surface area contributed by atoms with Crippen LogP contribution in [0.2, 0.25) is 0 Å². The Balaban J connectivity index is 1.68. The molecule has 128 valence electrons. The number of hydrogen-bond donors (Lipinski definition) is 0. The molecule has 0 bridgehead atoms. The minimum absolute atomic E-state index is 0.0491. The largest absolute Gasteiger partial charge is 0.334 e. The standard InChI is InChI=1S/C15H16N2O6S/c1-16-6-7-24(21,22)9-10(16)8-13(18)23-17-14(19)11-4-2-3-5-12(11)15(17)20/h2-5,10H,6-9H2,1H3. The Morgan fingerprint density at radius 1 is 1.21 bits per heavy atom. The van der Waals surface area contributed by atoms with Crippen LogP contribution in [0.1, 0.15) is 27.1 Å². The number of hydrogen-bond acceptors (Lipinski definition) is 7. The van der Waals surface area contributed by atoms with Crippen LogP contribution in [0.5, 0.6) is 0 Å². The van der Waals surface area contributed by atoms with Gasteiger partial charge in [0, 0.05) is 12.6 Å². The lowest BCUT2D eigenvalue weighted by molar-refractivity contribution is -0.169. The van der Waals surface area contributed by atoms with Crippen LogP contribution in [0.25, 0.3) is 0 Å². The number of benzene rings is 1. The summed E-state index contributed by atoms with van der Waals surface area (Å²) in [6.07, 6.45) is -0.219. The second kappa shape index (κ2) is 5.99. The first-order valence-electron chi connectivity index (χ1n) is 7.38. The molecule has 1 saturated heterocycles. The topological polar surface area (TPSA) is 101 Å². The molecule has 2 aliphatic heterocycles. The van der Waals surface area contributed by atoms with E-state index in [4.69, 9.17) is 4.84 Å². The van der Waals surface area contributed by atoms with Gasteiger partial charge in [0.05, 0.1) is 29.1 Å². The molecule has 2 amide bonds. The third-order valence-corrected chi connectivity index (χ3v) is 5.87. The van der Waals surface area contributed by atoms with Gasteiger partial charge in [-0.2, -0.15) is 0 Å². The van der Waals surface area contributed by atoms with Gasteiger partial charge in [0.2, 0.25) is 0 Å². The van der Waals surface area contributed by atoms with E-state index in [9.17, 15) is 22.8 Å². The Morgan fingerprint density at radius 2 is 1.79 bits per heavy atom. The zero-order valence-electron chi connectivity index (χ0n) is 13.0. The van der Waals surface area contributed by atoms with Crippen molar-refractivity contribution >= 4 is 27.6 Å². The summed E-state index contributed by atoms with van der Waals surface area (Å²) in [6, 6.07) is 5.64. The van der Waals surface area contributed by atoms with E-state index in [2.05, 4.69) is 0 Å². The summed E-state index contributed by atoms with van der Waals surface area (Å²) in [5, 5.41) is 0.435. The lowest BCUT2D eigenvalue weighted by atomic mass is 10.1. The van der Waals surface area contributed by atoms with Crippen molar-refractivity contribution < 1.29 is 27.6 Å². The first-order chi connectivity index (χ1) is 11.3. The molecule has 1 unspecified atom stereocenters. The van der Waals surface area contributed by atoms with Gasteiger partial charge in [0.25, 0.3) is 11.8 Å². The Hall–Kier alpha value is -2.26. The summed E-state index contributed by atoms with van der Waals surface area (Å²) < 4.78 is 23.4. The maximum absolute atomic E-state index is 12.1. The van der Waals surface area contributed by atoms with Crippen LogP contribution < -0.4 is 0 Å². The number of carbonyl (C=O) groups excluding carboxylic acids is 3. The molecule has 8 nitrogen and oxygen atoms in total. The molecule has 0 aliphatic carbocycles. The van der Waals surface area contributed by atoms with E-state index in [1.54, 1.807) is 24.1 Å². The van der Waals surface area contributed by atoms with Crippen molar-refractivity contribution in [1.82, 2.24) is 9.96 Å². The summed E-state index contributed by atoms with van der Waals surface area (Å²) in [5.41, 5.74) is 0.348. The second-order valence-electron chi connectivity index (χ2n) is 5.87.